The van der Waals surface area contributed by atoms with Gasteiger partial charge in [0, 0.05) is 17.7 Å². The highest BCUT2D eigenvalue weighted by atomic mass is 19.1. The Kier molecular flexibility index (Phi) is 4.42. The fraction of sp³-hybridized carbons (Fsp3) is 0.0400. The van der Waals surface area contributed by atoms with Crippen LogP contribution in [0.1, 0.15) is 17.0 Å². The average Bonchev–Trinajstić information content (AvgIpc) is 2.79. The molecule has 1 aliphatic rings. The molecule has 7 heteroatoms. The van der Waals surface area contributed by atoms with E-state index in [1.165, 1.54) is 36.4 Å². The number of phenols is 1. The first-order valence-electron chi connectivity index (χ1n) is 9.70. The molecular formula is C25H15FN2O4. The number of fused-ring (bicyclic) bond motifs is 2. The van der Waals surface area contributed by atoms with E-state index in [2.05, 4.69) is 0 Å². The van der Waals surface area contributed by atoms with Gasteiger partial charge in [-0.1, -0.05) is 42.5 Å². The second-order valence-electron chi connectivity index (χ2n) is 7.33. The van der Waals surface area contributed by atoms with Gasteiger partial charge in [0.2, 0.25) is 5.88 Å². The fourth-order valence-corrected chi connectivity index (χ4v) is 3.97. The van der Waals surface area contributed by atoms with Crippen molar-refractivity contribution in [1.29, 1.82) is 5.26 Å². The molecule has 4 aromatic rings. The summed E-state index contributed by atoms with van der Waals surface area (Å²) in [6.45, 7) is 0. The number of hydrogen-bond donors (Lipinski definition) is 2. The summed E-state index contributed by atoms with van der Waals surface area (Å²) >= 11 is 0. The maximum Gasteiger partial charge on any atom is 0.205 e. The maximum absolute atomic E-state index is 13.5. The Balaban J connectivity index is 1.79. The van der Waals surface area contributed by atoms with Gasteiger partial charge in [-0.15, -0.1) is 0 Å². The van der Waals surface area contributed by atoms with Crippen LogP contribution in [0.4, 0.5) is 4.39 Å². The van der Waals surface area contributed by atoms with E-state index in [1.54, 1.807) is 12.1 Å². The number of benzene rings is 3. The molecule has 6 nitrogen and oxygen atoms in total. The lowest BCUT2D eigenvalue weighted by Crippen LogP contribution is -2.21. The van der Waals surface area contributed by atoms with Crippen molar-refractivity contribution in [1.82, 2.24) is 0 Å². The predicted molar refractivity (Wildman–Crippen MR) is 115 cm³/mol. The minimum absolute atomic E-state index is 0.0445. The highest BCUT2D eigenvalue weighted by Gasteiger charge is 2.35. The number of nitrogens with zero attached hydrogens (tertiary/aromatic N) is 1. The van der Waals surface area contributed by atoms with Gasteiger partial charge >= 0.3 is 0 Å². The summed E-state index contributed by atoms with van der Waals surface area (Å²) in [6, 6.07) is 19.3. The van der Waals surface area contributed by atoms with Crippen LogP contribution in [0.5, 0.6) is 11.5 Å². The molecule has 1 aliphatic heterocycles. The molecule has 0 saturated heterocycles. The first kappa shape index (κ1) is 19.4. The molecule has 0 radical (unpaired) electrons. The van der Waals surface area contributed by atoms with E-state index >= 15 is 0 Å². The van der Waals surface area contributed by atoms with Crippen molar-refractivity contribution in [3.8, 4) is 28.9 Å². The summed E-state index contributed by atoms with van der Waals surface area (Å²) in [4.78, 5) is 13.0. The van der Waals surface area contributed by atoms with Gasteiger partial charge in [-0.05, 0) is 17.7 Å². The van der Waals surface area contributed by atoms with Crippen molar-refractivity contribution in [3.63, 3.8) is 0 Å². The molecule has 0 bridgehead atoms. The van der Waals surface area contributed by atoms with Crippen molar-refractivity contribution < 1.29 is 18.7 Å². The molecule has 0 amide bonds. The number of allylic oxidation sites excluding steroid dienone is 1. The molecule has 156 valence electrons. The van der Waals surface area contributed by atoms with Gasteiger partial charge in [0.05, 0.1) is 11.5 Å². The third-order valence-corrected chi connectivity index (χ3v) is 5.44. The zero-order chi connectivity index (χ0) is 22.4. The van der Waals surface area contributed by atoms with Gasteiger partial charge in [0.1, 0.15) is 45.7 Å². The van der Waals surface area contributed by atoms with E-state index < -0.39 is 17.2 Å². The van der Waals surface area contributed by atoms with E-state index in [9.17, 15) is 19.6 Å². The molecule has 32 heavy (non-hydrogen) atoms. The number of hydrogen-bond acceptors (Lipinski definition) is 6. The van der Waals surface area contributed by atoms with Crippen LogP contribution in [0.15, 0.2) is 87.4 Å². The van der Waals surface area contributed by atoms with Crippen LogP contribution in [-0.4, -0.2) is 5.11 Å². The molecular weight excluding hydrogens is 411 g/mol. The first-order chi connectivity index (χ1) is 15.5. The SMILES string of the molecule is N#CC1=C(N)Oc2cc3oc(-c4ccccc4)cc(=O)c3c(O)c2C1c1ccc(F)cc1. The van der Waals surface area contributed by atoms with Crippen LogP contribution in [0.25, 0.3) is 22.3 Å². The largest absolute Gasteiger partial charge is 0.507 e. The standard InChI is InChI=1S/C25H15FN2O4/c26-15-8-6-14(7-9-15)21-16(12-27)25(28)32-20-11-19-22(24(30)23(20)21)17(29)10-18(31-19)13-4-2-1-3-5-13/h1-11,21,30H,28H2. The quantitative estimate of drug-likeness (QED) is 0.488. The lowest BCUT2D eigenvalue weighted by molar-refractivity contribution is 0.383. The molecule has 5 rings (SSSR count). The van der Waals surface area contributed by atoms with Crippen LogP contribution in [0.3, 0.4) is 0 Å². The van der Waals surface area contributed by atoms with Crippen LogP contribution in [-0.2, 0) is 0 Å². The summed E-state index contributed by atoms with van der Waals surface area (Å²) in [6.07, 6.45) is 0. The topological polar surface area (TPSA) is 109 Å². The second-order valence-corrected chi connectivity index (χ2v) is 7.33. The lowest BCUT2D eigenvalue weighted by atomic mass is 9.82. The third kappa shape index (κ3) is 2.97. The normalized spacial score (nSPS) is 15.2. The first-order valence-corrected chi connectivity index (χ1v) is 9.70. The Bertz CT molecular complexity index is 1500. The number of nitrogens with two attached hydrogens (primary N) is 1. The molecule has 0 fully saturated rings. The Morgan fingerprint density at radius 1 is 1.06 bits per heavy atom. The van der Waals surface area contributed by atoms with Gasteiger partial charge in [-0.3, -0.25) is 4.79 Å². The number of aromatic hydroxyl groups is 1. The van der Waals surface area contributed by atoms with E-state index in [1.807, 2.05) is 24.3 Å². The molecule has 0 saturated carbocycles. The van der Waals surface area contributed by atoms with Gasteiger partial charge < -0.3 is 20.0 Å². The van der Waals surface area contributed by atoms with E-state index in [0.717, 1.165) is 0 Å². The molecule has 1 unspecified atom stereocenters. The van der Waals surface area contributed by atoms with Crippen LogP contribution in [0.2, 0.25) is 0 Å². The number of phenolic OH excluding ortho intramolecular Hbond substituents is 1. The monoisotopic (exact) mass is 426 g/mol. The Hall–Kier alpha value is -4.57. The van der Waals surface area contributed by atoms with Gasteiger partial charge in [0.25, 0.3) is 0 Å². The minimum Gasteiger partial charge on any atom is -0.507 e. The summed E-state index contributed by atoms with van der Waals surface area (Å²) < 4.78 is 25.0. The molecule has 3 aromatic carbocycles. The van der Waals surface area contributed by atoms with E-state index in [0.29, 0.717) is 16.9 Å². The molecule has 3 N–H and O–H groups in total. The second kappa shape index (κ2) is 7.29. The zero-order valence-electron chi connectivity index (χ0n) is 16.5. The number of ether oxygens (including phenoxy) is 1. The van der Waals surface area contributed by atoms with Crippen LogP contribution in [0, 0.1) is 17.1 Å². The van der Waals surface area contributed by atoms with Gasteiger partial charge in [0.15, 0.2) is 5.43 Å². The van der Waals surface area contributed by atoms with Crippen LogP contribution < -0.4 is 15.9 Å². The van der Waals surface area contributed by atoms with Crippen molar-refractivity contribution in [2.45, 2.75) is 5.92 Å². The molecule has 0 spiro atoms. The Labute approximate surface area is 181 Å². The number of halogens is 1. The predicted octanol–water partition coefficient (Wildman–Crippen LogP) is 4.52. The minimum atomic E-state index is -0.845. The summed E-state index contributed by atoms with van der Waals surface area (Å²) in [5, 5.41) is 20.8. The van der Waals surface area contributed by atoms with Crippen molar-refractivity contribution in [2.75, 3.05) is 0 Å². The number of nitriles is 1. The molecule has 1 aromatic heterocycles. The average molecular weight is 426 g/mol. The van der Waals surface area contributed by atoms with E-state index in [-0.39, 0.29) is 39.5 Å². The Morgan fingerprint density at radius 3 is 2.47 bits per heavy atom. The molecule has 1 atom stereocenters. The molecule has 2 heterocycles. The fourth-order valence-electron chi connectivity index (χ4n) is 3.97. The summed E-state index contributed by atoms with van der Waals surface area (Å²) in [5.74, 6) is -1.34. The van der Waals surface area contributed by atoms with Gasteiger partial charge in [-0.2, -0.15) is 5.26 Å². The zero-order valence-corrected chi connectivity index (χ0v) is 16.5. The third-order valence-electron chi connectivity index (χ3n) is 5.44. The number of rotatable bonds is 2. The highest BCUT2D eigenvalue weighted by molar-refractivity contribution is 5.89. The lowest BCUT2D eigenvalue weighted by Gasteiger charge is -2.27. The highest BCUT2D eigenvalue weighted by Crippen LogP contribution is 2.48. The van der Waals surface area contributed by atoms with Crippen molar-refractivity contribution in [3.05, 3.63) is 105 Å². The molecule has 0 aliphatic carbocycles. The van der Waals surface area contributed by atoms with Crippen molar-refractivity contribution >= 4 is 11.0 Å². The van der Waals surface area contributed by atoms with Crippen molar-refractivity contribution in [2.24, 2.45) is 5.73 Å². The Morgan fingerprint density at radius 2 is 1.78 bits per heavy atom. The summed E-state index contributed by atoms with van der Waals surface area (Å²) in [7, 11) is 0. The smallest absolute Gasteiger partial charge is 0.205 e. The summed E-state index contributed by atoms with van der Waals surface area (Å²) in [5.41, 5.74) is 7.09. The van der Waals surface area contributed by atoms with Crippen LogP contribution >= 0.6 is 0 Å². The van der Waals surface area contributed by atoms with Gasteiger partial charge in [-0.25, -0.2) is 4.39 Å². The maximum atomic E-state index is 13.5. The van der Waals surface area contributed by atoms with E-state index in [4.69, 9.17) is 14.9 Å².